The summed E-state index contributed by atoms with van der Waals surface area (Å²) in [4.78, 5) is 35.5. The van der Waals surface area contributed by atoms with Gasteiger partial charge in [-0.3, -0.25) is 4.79 Å². The molecule has 0 aliphatic heterocycles. The monoisotopic (exact) mass is 583 g/mol. The summed E-state index contributed by atoms with van der Waals surface area (Å²) in [7, 11) is 0. The number of hydrogen-bond acceptors (Lipinski definition) is 6. The first-order valence-electron chi connectivity index (χ1n) is 16.2. The molecule has 0 aromatic heterocycles. The zero-order valence-electron chi connectivity index (χ0n) is 26.0. The third-order valence-electron chi connectivity index (χ3n) is 7.62. The maximum Gasteiger partial charge on any atom is 0.407 e. The number of ether oxygens (including phenoxy) is 3. The molecule has 0 fully saturated rings. The van der Waals surface area contributed by atoms with Crippen molar-refractivity contribution < 1.29 is 28.6 Å². The van der Waals surface area contributed by atoms with Crippen molar-refractivity contribution in [2.24, 2.45) is 5.92 Å². The Hall–Kier alpha value is -3.09. The van der Waals surface area contributed by atoms with Crippen molar-refractivity contribution >= 4 is 28.8 Å². The molecule has 0 radical (unpaired) electrons. The summed E-state index contributed by atoms with van der Waals surface area (Å²) in [5.41, 5.74) is 0.622. The molecule has 2 aromatic carbocycles. The minimum Gasteiger partial charge on any atom is -0.464 e. The van der Waals surface area contributed by atoms with E-state index in [1.807, 2.05) is 56.3 Å². The lowest BCUT2D eigenvalue weighted by atomic mass is 10.0. The number of carbonyl (C=O) groups excluding carboxylic acids is 3. The van der Waals surface area contributed by atoms with Crippen molar-refractivity contribution in [2.45, 2.75) is 110 Å². The SMILES string of the molecule is CCC(C)C(=O)OCCNC(=O)OCCCCCCCCCCCCCCCCOC(=O)c1ccc2ccccc2c1. The summed E-state index contributed by atoms with van der Waals surface area (Å²) >= 11 is 0. The van der Waals surface area contributed by atoms with Crippen molar-refractivity contribution in [1.29, 1.82) is 0 Å². The number of benzene rings is 2. The molecule has 2 rings (SSSR count). The summed E-state index contributed by atoms with van der Waals surface area (Å²) in [5, 5.41) is 4.80. The molecule has 0 bridgehead atoms. The molecule has 7 heteroatoms. The number of nitrogens with one attached hydrogen (secondary N) is 1. The van der Waals surface area contributed by atoms with Gasteiger partial charge in [0.15, 0.2) is 0 Å². The average Bonchev–Trinajstić information content (AvgIpc) is 3.01. The van der Waals surface area contributed by atoms with E-state index in [0.717, 1.165) is 42.9 Å². The van der Waals surface area contributed by atoms with E-state index in [9.17, 15) is 14.4 Å². The molecule has 1 unspecified atom stereocenters. The number of fused-ring (bicyclic) bond motifs is 1. The Morgan fingerprint density at radius 1 is 0.643 bits per heavy atom. The molecule has 0 heterocycles. The smallest absolute Gasteiger partial charge is 0.407 e. The van der Waals surface area contributed by atoms with E-state index in [1.165, 1.54) is 64.2 Å². The molecule has 0 aliphatic carbocycles. The number of alkyl carbamates (subject to hydrolysis) is 1. The van der Waals surface area contributed by atoms with Crippen LogP contribution < -0.4 is 5.32 Å². The van der Waals surface area contributed by atoms with Crippen molar-refractivity contribution in [3.63, 3.8) is 0 Å². The molecule has 0 saturated carbocycles. The highest BCUT2D eigenvalue weighted by Crippen LogP contribution is 2.17. The fourth-order valence-corrected chi connectivity index (χ4v) is 4.72. The first kappa shape index (κ1) is 35.1. The van der Waals surface area contributed by atoms with E-state index < -0.39 is 6.09 Å². The van der Waals surface area contributed by atoms with Gasteiger partial charge < -0.3 is 19.5 Å². The summed E-state index contributed by atoms with van der Waals surface area (Å²) in [6.45, 7) is 5.13. The molecule has 7 nitrogen and oxygen atoms in total. The fraction of sp³-hybridized carbons (Fsp3) is 0.629. The third-order valence-corrected chi connectivity index (χ3v) is 7.62. The van der Waals surface area contributed by atoms with Crippen LogP contribution in [0.5, 0.6) is 0 Å². The van der Waals surface area contributed by atoms with Gasteiger partial charge in [-0.2, -0.15) is 0 Å². The summed E-state index contributed by atoms with van der Waals surface area (Å²) in [5.74, 6) is -0.574. The summed E-state index contributed by atoms with van der Waals surface area (Å²) < 4.78 is 15.7. The highest BCUT2D eigenvalue weighted by atomic mass is 16.6. The van der Waals surface area contributed by atoms with Crippen LogP contribution in [0.1, 0.15) is 121 Å². The molecular formula is C35H53NO6. The summed E-state index contributed by atoms with van der Waals surface area (Å²) in [6.07, 6.45) is 16.9. The number of unbranched alkanes of at least 4 members (excludes halogenated alkanes) is 13. The zero-order valence-corrected chi connectivity index (χ0v) is 26.0. The molecular weight excluding hydrogens is 530 g/mol. The maximum atomic E-state index is 12.3. The normalized spacial score (nSPS) is 11.7. The Balaban J connectivity index is 1.28. The van der Waals surface area contributed by atoms with E-state index >= 15 is 0 Å². The van der Waals surface area contributed by atoms with Crippen LogP contribution in [0.3, 0.4) is 0 Å². The summed E-state index contributed by atoms with van der Waals surface area (Å²) in [6, 6.07) is 13.7. The van der Waals surface area contributed by atoms with Crippen molar-refractivity contribution in [1.82, 2.24) is 5.32 Å². The van der Waals surface area contributed by atoms with Gasteiger partial charge in [0.25, 0.3) is 0 Å². The minimum absolute atomic E-state index is 0.112. The number of rotatable bonds is 23. The molecule has 42 heavy (non-hydrogen) atoms. The van der Waals surface area contributed by atoms with Gasteiger partial charge in [-0.05, 0) is 42.2 Å². The van der Waals surface area contributed by atoms with Crippen LogP contribution in [0.2, 0.25) is 0 Å². The molecule has 2 aromatic rings. The van der Waals surface area contributed by atoms with Crippen LogP contribution in [0, 0.1) is 5.92 Å². The van der Waals surface area contributed by atoms with Gasteiger partial charge in [0.1, 0.15) is 6.61 Å². The van der Waals surface area contributed by atoms with Crippen LogP contribution >= 0.6 is 0 Å². The predicted molar refractivity (Wildman–Crippen MR) is 169 cm³/mol. The minimum atomic E-state index is -0.451. The highest BCUT2D eigenvalue weighted by Gasteiger charge is 2.11. The standard InChI is InChI=1S/C35H53NO6/c1-3-29(2)33(37)41-27-24-36-35(39)42-26-19-15-13-11-9-7-5-4-6-8-10-12-14-18-25-40-34(38)32-23-22-30-20-16-17-21-31(30)28-32/h16-17,20-23,28-29H,3-15,18-19,24-27H2,1-2H3,(H,36,39). The lowest BCUT2D eigenvalue weighted by molar-refractivity contribution is -0.147. The first-order valence-corrected chi connectivity index (χ1v) is 16.2. The lowest BCUT2D eigenvalue weighted by Gasteiger charge is -2.10. The number of amides is 1. The van der Waals surface area contributed by atoms with Gasteiger partial charge in [-0.25, -0.2) is 9.59 Å². The second-order valence-electron chi connectivity index (χ2n) is 11.2. The lowest BCUT2D eigenvalue weighted by Crippen LogP contribution is -2.29. The molecule has 1 N–H and O–H groups in total. The van der Waals surface area contributed by atoms with Gasteiger partial charge in [-0.1, -0.05) is 121 Å². The van der Waals surface area contributed by atoms with Gasteiger partial charge in [-0.15, -0.1) is 0 Å². The van der Waals surface area contributed by atoms with Crippen LogP contribution in [-0.4, -0.2) is 44.4 Å². The predicted octanol–water partition coefficient (Wildman–Crippen LogP) is 8.77. The Labute approximate surface area is 253 Å². The molecule has 0 saturated heterocycles. The van der Waals surface area contributed by atoms with Crippen molar-refractivity contribution in [3.05, 3.63) is 48.0 Å². The quantitative estimate of drug-likeness (QED) is 0.0799. The van der Waals surface area contributed by atoms with E-state index in [1.54, 1.807) is 0 Å². The Kier molecular flexibility index (Phi) is 18.8. The van der Waals surface area contributed by atoms with Crippen molar-refractivity contribution in [2.75, 3.05) is 26.4 Å². The Morgan fingerprint density at radius 3 is 1.74 bits per heavy atom. The van der Waals surface area contributed by atoms with Crippen LogP contribution in [-0.2, 0) is 19.0 Å². The average molecular weight is 584 g/mol. The number of carbonyl (C=O) groups is 3. The van der Waals surface area contributed by atoms with E-state index in [4.69, 9.17) is 14.2 Å². The molecule has 1 amide bonds. The fourth-order valence-electron chi connectivity index (χ4n) is 4.72. The van der Waals surface area contributed by atoms with Crippen LogP contribution in [0.25, 0.3) is 10.8 Å². The second kappa shape index (κ2) is 22.5. The van der Waals surface area contributed by atoms with Crippen LogP contribution in [0.15, 0.2) is 42.5 Å². The number of hydrogen-bond donors (Lipinski definition) is 1. The molecule has 0 aliphatic rings. The zero-order chi connectivity index (χ0) is 30.3. The van der Waals surface area contributed by atoms with Crippen molar-refractivity contribution in [3.8, 4) is 0 Å². The second-order valence-corrected chi connectivity index (χ2v) is 11.2. The van der Waals surface area contributed by atoms with Gasteiger partial charge >= 0.3 is 18.0 Å². The van der Waals surface area contributed by atoms with Gasteiger partial charge in [0.2, 0.25) is 0 Å². The van der Waals surface area contributed by atoms with Gasteiger partial charge in [0, 0.05) is 0 Å². The van der Waals surface area contributed by atoms with Crippen LogP contribution in [0.4, 0.5) is 4.79 Å². The number of esters is 2. The molecule has 0 spiro atoms. The van der Waals surface area contributed by atoms with Gasteiger partial charge in [0.05, 0.1) is 31.2 Å². The third kappa shape index (κ3) is 15.8. The first-order chi connectivity index (χ1) is 20.5. The maximum absolute atomic E-state index is 12.3. The molecule has 234 valence electrons. The van der Waals surface area contributed by atoms with E-state index in [-0.39, 0.29) is 31.0 Å². The Bertz CT molecular complexity index is 1040. The topological polar surface area (TPSA) is 90.9 Å². The molecule has 1 atom stereocenters. The highest BCUT2D eigenvalue weighted by molar-refractivity contribution is 5.95. The Morgan fingerprint density at radius 2 is 1.17 bits per heavy atom. The van der Waals surface area contributed by atoms with E-state index in [0.29, 0.717) is 18.8 Å². The van der Waals surface area contributed by atoms with E-state index in [2.05, 4.69) is 5.32 Å². The largest absolute Gasteiger partial charge is 0.464 e.